The molecule has 2 heterocycles. The average molecular weight is 253 g/mol. The second-order valence-corrected chi connectivity index (χ2v) is 4.82. The summed E-state index contributed by atoms with van der Waals surface area (Å²) in [7, 11) is 1.61. The van der Waals surface area contributed by atoms with Crippen LogP contribution in [-0.4, -0.2) is 34.0 Å². The van der Waals surface area contributed by atoms with Gasteiger partial charge in [0.15, 0.2) is 5.75 Å². The van der Waals surface area contributed by atoms with Crippen LogP contribution in [0.3, 0.4) is 0 Å². The van der Waals surface area contributed by atoms with Crippen molar-refractivity contribution in [2.24, 2.45) is 0 Å². The van der Waals surface area contributed by atoms with Gasteiger partial charge in [-0.15, -0.1) is 0 Å². The Balaban J connectivity index is 2.27. The number of nitrogens with one attached hydrogen (secondary N) is 1. The van der Waals surface area contributed by atoms with E-state index in [1.165, 1.54) is 0 Å². The van der Waals surface area contributed by atoms with Crippen molar-refractivity contribution < 1.29 is 14.6 Å². The molecule has 0 amide bonds. The lowest BCUT2D eigenvalue weighted by molar-refractivity contribution is -0.139. The molecule has 2 unspecified atom stereocenters. The Kier molecular flexibility index (Phi) is 3.56. The van der Waals surface area contributed by atoms with Crippen molar-refractivity contribution in [1.82, 2.24) is 15.1 Å². The zero-order chi connectivity index (χ0) is 13.3. The van der Waals surface area contributed by atoms with Crippen LogP contribution in [0.25, 0.3) is 0 Å². The number of ether oxygens (including phenoxy) is 1. The highest BCUT2D eigenvalue weighted by Crippen LogP contribution is 2.34. The molecule has 2 rings (SSSR count). The summed E-state index contributed by atoms with van der Waals surface area (Å²) in [5.74, 6) is -0.0840. The maximum absolute atomic E-state index is 11.0. The van der Waals surface area contributed by atoms with Gasteiger partial charge in [0.05, 0.1) is 25.0 Å². The average Bonchev–Trinajstić information content (AvgIpc) is 2.94. The number of hydrogen-bond donors (Lipinski definition) is 2. The Hall–Kier alpha value is -1.56. The van der Waals surface area contributed by atoms with Gasteiger partial charge < -0.3 is 9.84 Å². The first-order chi connectivity index (χ1) is 8.54. The first-order valence-corrected chi connectivity index (χ1v) is 6.14. The molecule has 100 valence electrons. The molecule has 0 bridgehead atoms. The number of aliphatic carboxylic acids is 1. The molecule has 1 fully saturated rings. The Labute approximate surface area is 106 Å². The summed E-state index contributed by atoms with van der Waals surface area (Å²) in [6.07, 6.45) is 3.10. The van der Waals surface area contributed by atoms with Crippen LogP contribution in [0.2, 0.25) is 0 Å². The van der Waals surface area contributed by atoms with E-state index in [2.05, 4.69) is 10.4 Å². The van der Waals surface area contributed by atoms with Crippen molar-refractivity contribution in [2.75, 3.05) is 7.11 Å². The van der Waals surface area contributed by atoms with E-state index in [0.717, 1.165) is 12.1 Å². The minimum atomic E-state index is -0.799. The van der Waals surface area contributed by atoms with Gasteiger partial charge in [-0.25, -0.2) is 0 Å². The Morgan fingerprint density at radius 2 is 2.33 bits per heavy atom. The van der Waals surface area contributed by atoms with Crippen LogP contribution >= 0.6 is 0 Å². The van der Waals surface area contributed by atoms with Gasteiger partial charge in [0.2, 0.25) is 0 Å². The third kappa shape index (κ3) is 2.20. The first kappa shape index (κ1) is 12.9. The summed E-state index contributed by atoms with van der Waals surface area (Å²) < 4.78 is 7.20. The van der Waals surface area contributed by atoms with Gasteiger partial charge in [-0.05, 0) is 26.7 Å². The predicted molar refractivity (Wildman–Crippen MR) is 65.7 cm³/mol. The minimum Gasteiger partial charge on any atom is -0.493 e. The SMILES string of the molecule is COc1cnn(C(C)C)c1C1CCC(C(=O)O)N1. The molecule has 6 nitrogen and oxygen atoms in total. The van der Waals surface area contributed by atoms with Crippen molar-refractivity contribution in [1.29, 1.82) is 0 Å². The van der Waals surface area contributed by atoms with Crippen molar-refractivity contribution in [3.05, 3.63) is 11.9 Å². The van der Waals surface area contributed by atoms with Crippen molar-refractivity contribution >= 4 is 5.97 Å². The van der Waals surface area contributed by atoms with Crippen molar-refractivity contribution in [3.63, 3.8) is 0 Å². The van der Waals surface area contributed by atoms with Crippen LogP contribution < -0.4 is 10.1 Å². The lowest BCUT2D eigenvalue weighted by Crippen LogP contribution is -2.32. The fraction of sp³-hybridized carbons (Fsp3) is 0.667. The van der Waals surface area contributed by atoms with Crippen LogP contribution in [0.1, 0.15) is 44.5 Å². The lowest BCUT2D eigenvalue weighted by atomic mass is 10.1. The normalized spacial score (nSPS) is 23.6. The van der Waals surface area contributed by atoms with Crippen LogP contribution in [0.4, 0.5) is 0 Å². The molecule has 2 N–H and O–H groups in total. The molecule has 1 aliphatic rings. The number of carboxylic acid groups (broad SMARTS) is 1. The van der Waals surface area contributed by atoms with Crippen LogP contribution in [-0.2, 0) is 4.79 Å². The van der Waals surface area contributed by atoms with E-state index in [1.54, 1.807) is 13.3 Å². The number of carboxylic acids is 1. The summed E-state index contributed by atoms with van der Waals surface area (Å²) in [6.45, 7) is 4.08. The number of hydrogen-bond acceptors (Lipinski definition) is 4. The largest absolute Gasteiger partial charge is 0.493 e. The molecule has 0 spiro atoms. The standard InChI is InChI=1S/C12H19N3O3/c1-7(2)15-11(10(18-3)6-13-15)8-4-5-9(14-8)12(16)17/h6-9,14H,4-5H2,1-3H3,(H,16,17). The van der Waals surface area contributed by atoms with Gasteiger partial charge in [0.25, 0.3) is 0 Å². The Bertz CT molecular complexity index is 442. The van der Waals surface area contributed by atoms with E-state index in [4.69, 9.17) is 9.84 Å². The molecule has 1 aromatic rings. The van der Waals surface area contributed by atoms with E-state index < -0.39 is 12.0 Å². The smallest absolute Gasteiger partial charge is 0.320 e. The Morgan fingerprint density at radius 3 is 2.83 bits per heavy atom. The molecule has 0 saturated carbocycles. The van der Waals surface area contributed by atoms with E-state index >= 15 is 0 Å². The van der Waals surface area contributed by atoms with Crippen LogP contribution in [0.5, 0.6) is 5.75 Å². The summed E-state index contributed by atoms with van der Waals surface area (Å²) in [5, 5.41) is 16.4. The topological polar surface area (TPSA) is 76.4 Å². The molecule has 2 atom stereocenters. The van der Waals surface area contributed by atoms with Gasteiger partial charge in [-0.2, -0.15) is 5.10 Å². The number of carbonyl (C=O) groups is 1. The maximum atomic E-state index is 11.0. The molecular formula is C12H19N3O3. The highest BCUT2D eigenvalue weighted by molar-refractivity contribution is 5.74. The monoisotopic (exact) mass is 253 g/mol. The zero-order valence-corrected chi connectivity index (χ0v) is 10.9. The lowest BCUT2D eigenvalue weighted by Gasteiger charge is -2.18. The van der Waals surface area contributed by atoms with E-state index in [-0.39, 0.29) is 12.1 Å². The van der Waals surface area contributed by atoms with Gasteiger partial charge >= 0.3 is 5.97 Å². The van der Waals surface area contributed by atoms with E-state index in [9.17, 15) is 4.79 Å². The molecule has 1 saturated heterocycles. The summed E-state index contributed by atoms with van der Waals surface area (Å²) in [4.78, 5) is 11.0. The number of methoxy groups -OCH3 is 1. The van der Waals surface area contributed by atoms with Crippen LogP contribution in [0.15, 0.2) is 6.20 Å². The number of aromatic nitrogens is 2. The zero-order valence-electron chi connectivity index (χ0n) is 10.9. The molecule has 0 aromatic carbocycles. The van der Waals surface area contributed by atoms with Crippen molar-refractivity contribution in [2.45, 2.75) is 44.8 Å². The van der Waals surface area contributed by atoms with Crippen molar-refractivity contribution in [3.8, 4) is 5.75 Å². The van der Waals surface area contributed by atoms with E-state index in [1.807, 2.05) is 18.5 Å². The third-order valence-corrected chi connectivity index (χ3v) is 3.28. The highest BCUT2D eigenvalue weighted by Gasteiger charge is 2.33. The number of nitrogens with zero attached hydrogens (tertiary/aromatic N) is 2. The molecule has 1 aromatic heterocycles. The van der Waals surface area contributed by atoms with Gasteiger partial charge in [0.1, 0.15) is 6.04 Å². The fourth-order valence-corrected chi connectivity index (χ4v) is 2.41. The minimum absolute atomic E-state index is 0.00838. The predicted octanol–water partition coefficient (Wildman–Crippen LogP) is 1.35. The first-order valence-electron chi connectivity index (χ1n) is 6.14. The van der Waals surface area contributed by atoms with E-state index in [0.29, 0.717) is 12.2 Å². The molecule has 0 aliphatic carbocycles. The maximum Gasteiger partial charge on any atom is 0.320 e. The summed E-state index contributed by atoms with van der Waals surface area (Å²) >= 11 is 0. The second-order valence-electron chi connectivity index (χ2n) is 4.82. The summed E-state index contributed by atoms with van der Waals surface area (Å²) in [5.41, 5.74) is 0.941. The molecule has 6 heteroatoms. The molecule has 1 aliphatic heterocycles. The number of rotatable bonds is 4. The highest BCUT2D eigenvalue weighted by atomic mass is 16.5. The quantitative estimate of drug-likeness (QED) is 0.847. The second kappa shape index (κ2) is 4.97. The molecule has 0 radical (unpaired) electrons. The summed E-state index contributed by atoms with van der Waals surface area (Å²) in [6, 6.07) is -0.268. The Morgan fingerprint density at radius 1 is 1.61 bits per heavy atom. The van der Waals surface area contributed by atoms with Crippen LogP contribution in [0, 0.1) is 0 Å². The van der Waals surface area contributed by atoms with Gasteiger partial charge in [-0.1, -0.05) is 0 Å². The molecule has 18 heavy (non-hydrogen) atoms. The fourth-order valence-electron chi connectivity index (χ4n) is 2.41. The van der Waals surface area contributed by atoms with Gasteiger partial charge in [0, 0.05) is 6.04 Å². The van der Waals surface area contributed by atoms with Gasteiger partial charge in [-0.3, -0.25) is 14.8 Å². The molecular weight excluding hydrogens is 234 g/mol. The third-order valence-electron chi connectivity index (χ3n) is 3.28.